The van der Waals surface area contributed by atoms with Crippen LogP contribution < -0.4 is 10.1 Å². The van der Waals surface area contributed by atoms with Gasteiger partial charge in [0, 0.05) is 5.02 Å². The molecule has 0 fully saturated rings. The number of carbonyl (C=O) groups excluding carboxylic acids is 1. The van der Waals surface area contributed by atoms with Crippen molar-refractivity contribution in [3.05, 3.63) is 49.4 Å². The molecule has 1 N–H and O–H groups in total. The van der Waals surface area contributed by atoms with E-state index < -0.39 is 0 Å². The van der Waals surface area contributed by atoms with Gasteiger partial charge in [-0.1, -0.05) is 22.9 Å². The normalized spacial score (nSPS) is 10.7. The Bertz CT molecular complexity index is 923. The van der Waals surface area contributed by atoms with Gasteiger partial charge in [-0.3, -0.25) is 10.1 Å². The minimum Gasteiger partial charge on any atom is -0.486 e. The lowest BCUT2D eigenvalue weighted by Gasteiger charge is -2.05. The second kappa shape index (κ2) is 7.47. The largest absolute Gasteiger partial charge is 0.486 e. The Kier molecular flexibility index (Phi) is 5.31. The molecule has 0 radical (unpaired) electrons. The molecule has 0 saturated heterocycles. The SMILES string of the molecule is Cc1nnc(NC(=O)c2sc(COc3ccc(Cl)c(C)c3)nc2C)s1. The van der Waals surface area contributed by atoms with E-state index in [0.717, 1.165) is 15.6 Å². The van der Waals surface area contributed by atoms with Crippen molar-refractivity contribution in [2.24, 2.45) is 0 Å². The van der Waals surface area contributed by atoms with E-state index in [4.69, 9.17) is 16.3 Å². The van der Waals surface area contributed by atoms with Gasteiger partial charge < -0.3 is 4.74 Å². The summed E-state index contributed by atoms with van der Waals surface area (Å²) in [5, 5.41) is 13.2. The van der Waals surface area contributed by atoms with Crippen molar-refractivity contribution in [2.45, 2.75) is 27.4 Å². The van der Waals surface area contributed by atoms with Crippen LogP contribution in [0.4, 0.5) is 5.13 Å². The number of thiazole rings is 1. The number of aryl methyl sites for hydroxylation is 3. The van der Waals surface area contributed by atoms with Gasteiger partial charge in [0.05, 0.1) is 5.69 Å². The van der Waals surface area contributed by atoms with Gasteiger partial charge in [-0.2, -0.15) is 0 Å². The number of aromatic nitrogens is 3. The first-order valence-electron chi connectivity index (χ1n) is 7.39. The Morgan fingerprint density at radius 1 is 1.24 bits per heavy atom. The number of nitrogens with zero attached hydrogens (tertiary/aromatic N) is 3. The molecule has 3 rings (SSSR count). The molecule has 0 unspecified atom stereocenters. The molecule has 0 aliphatic rings. The molecule has 0 aliphatic carbocycles. The summed E-state index contributed by atoms with van der Waals surface area (Å²) in [6, 6.07) is 5.47. The highest BCUT2D eigenvalue weighted by atomic mass is 35.5. The summed E-state index contributed by atoms with van der Waals surface area (Å²) in [7, 11) is 0. The van der Waals surface area contributed by atoms with Crippen LogP contribution >= 0.6 is 34.3 Å². The van der Waals surface area contributed by atoms with Gasteiger partial charge in [0.1, 0.15) is 27.2 Å². The molecule has 0 aliphatic heterocycles. The fourth-order valence-electron chi connectivity index (χ4n) is 2.08. The molecule has 9 heteroatoms. The van der Waals surface area contributed by atoms with Crippen LogP contribution in [0.15, 0.2) is 18.2 Å². The third-order valence-electron chi connectivity index (χ3n) is 3.29. The molecular weight excluding hydrogens is 380 g/mol. The topological polar surface area (TPSA) is 77.0 Å². The van der Waals surface area contributed by atoms with E-state index in [1.54, 1.807) is 19.1 Å². The third-order valence-corrected chi connectivity index (χ3v) is 5.59. The maximum absolute atomic E-state index is 12.4. The predicted molar refractivity (Wildman–Crippen MR) is 100.0 cm³/mol. The Morgan fingerprint density at radius 2 is 2.04 bits per heavy atom. The van der Waals surface area contributed by atoms with E-state index in [9.17, 15) is 4.79 Å². The molecule has 0 bridgehead atoms. The van der Waals surface area contributed by atoms with Gasteiger partial charge in [-0.05, 0) is 44.5 Å². The number of halogens is 1. The van der Waals surface area contributed by atoms with Crippen molar-refractivity contribution in [3.63, 3.8) is 0 Å². The number of benzene rings is 1. The zero-order chi connectivity index (χ0) is 18.0. The molecule has 0 saturated carbocycles. The Morgan fingerprint density at radius 3 is 2.72 bits per heavy atom. The molecule has 130 valence electrons. The van der Waals surface area contributed by atoms with Crippen LogP contribution in [0, 0.1) is 20.8 Å². The Hall–Kier alpha value is -2.03. The van der Waals surface area contributed by atoms with Gasteiger partial charge >= 0.3 is 0 Å². The smallest absolute Gasteiger partial charge is 0.269 e. The number of anilines is 1. The van der Waals surface area contributed by atoms with Crippen LogP contribution in [0.3, 0.4) is 0 Å². The molecule has 1 aromatic carbocycles. The average molecular weight is 395 g/mol. The van der Waals surface area contributed by atoms with E-state index in [1.807, 2.05) is 19.9 Å². The van der Waals surface area contributed by atoms with Gasteiger partial charge in [-0.25, -0.2) is 4.98 Å². The quantitative estimate of drug-likeness (QED) is 0.693. The molecule has 3 aromatic rings. The molecule has 2 aromatic heterocycles. The molecule has 0 spiro atoms. The monoisotopic (exact) mass is 394 g/mol. The highest BCUT2D eigenvalue weighted by Gasteiger charge is 2.17. The zero-order valence-corrected chi connectivity index (χ0v) is 16.2. The van der Waals surface area contributed by atoms with Crippen LogP contribution in [0.1, 0.15) is 30.9 Å². The maximum atomic E-state index is 12.4. The minimum atomic E-state index is -0.236. The summed E-state index contributed by atoms with van der Waals surface area (Å²) >= 11 is 8.64. The first-order valence-corrected chi connectivity index (χ1v) is 9.40. The van der Waals surface area contributed by atoms with Crippen molar-refractivity contribution < 1.29 is 9.53 Å². The first kappa shape index (κ1) is 17.8. The van der Waals surface area contributed by atoms with Gasteiger partial charge in [0.25, 0.3) is 5.91 Å². The maximum Gasteiger partial charge on any atom is 0.269 e. The van der Waals surface area contributed by atoms with Crippen LogP contribution in [-0.4, -0.2) is 21.1 Å². The highest BCUT2D eigenvalue weighted by Crippen LogP contribution is 2.24. The second-order valence-corrected chi connectivity index (χ2v) is 7.97. The molecule has 25 heavy (non-hydrogen) atoms. The van der Waals surface area contributed by atoms with E-state index in [0.29, 0.717) is 26.5 Å². The minimum absolute atomic E-state index is 0.236. The van der Waals surface area contributed by atoms with Crippen LogP contribution in [-0.2, 0) is 6.61 Å². The van der Waals surface area contributed by atoms with Crippen LogP contribution in [0.25, 0.3) is 0 Å². The summed E-state index contributed by atoms with van der Waals surface area (Å²) in [6.45, 7) is 5.84. The Balaban J connectivity index is 1.67. The number of carbonyl (C=O) groups is 1. The summed E-state index contributed by atoms with van der Waals surface area (Å²) in [4.78, 5) is 17.3. The first-order chi connectivity index (χ1) is 11.9. The zero-order valence-electron chi connectivity index (χ0n) is 13.8. The van der Waals surface area contributed by atoms with E-state index in [1.165, 1.54) is 22.7 Å². The average Bonchev–Trinajstić information content (AvgIpc) is 3.14. The van der Waals surface area contributed by atoms with Gasteiger partial charge in [0.15, 0.2) is 0 Å². The summed E-state index contributed by atoms with van der Waals surface area (Å²) in [5.41, 5.74) is 1.61. The number of rotatable bonds is 5. The van der Waals surface area contributed by atoms with E-state index in [-0.39, 0.29) is 12.5 Å². The van der Waals surface area contributed by atoms with Crippen molar-refractivity contribution in [2.75, 3.05) is 5.32 Å². The predicted octanol–water partition coefficient (Wildman–Crippen LogP) is 4.40. The lowest BCUT2D eigenvalue weighted by Crippen LogP contribution is -2.11. The van der Waals surface area contributed by atoms with E-state index in [2.05, 4.69) is 20.5 Å². The number of nitrogens with one attached hydrogen (secondary N) is 1. The molecule has 2 heterocycles. The van der Waals surface area contributed by atoms with Crippen LogP contribution in [0.2, 0.25) is 5.02 Å². The standard InChI is InChI=1S/C16H15ClN4O2S2/c1-8-6-11(4-5-12(8)17)23-7-13-18-9(2)14(25-13)15(22)19-16-21-20-10(3)24-16/h4-6H,7H2,1-3H3,(H,19,21,22). The summed E-state index contributed by atoms with van der Waals surface area (Å²) < 4.78 is 5.73. The molecule has 1 amide bonds. The van der Waals surface area contributed by atoms with Gasteiger partial charge in [0.2, 0.25) is 5.13 Å². The number of ether oxygens (including phenoxy) is 1. The molecular formula is C16H15ClN4O2S2. The van der Waals surface area contributed by atoms with E-state index >= 15 is 0 Å². The lowest BCUT2D eigenvalue weighted by atomic mass is 10.2. The molecule has 6 nitrogen and oxygen atoms in total. The third kappa shape index (κ3) is 4.33. The number of amides is 1. The molecule has 0 atom stereocenters. The lowest BCUT2D eigenvalue weighted by molar-refractivity contribution is 0.102. The summed E-state index contributed by atoms with van der Waals surface area (Å²) in [6.07, 6.45) is 0. The fourth-order valence-corrected chi connectivity index (χ4v) is 3.66. The van der Waals surface area contributed by atoms with Crippen molar-refractivity contribution >= 4 is 45.3 Å². The van der Waals surface area contributed by atoms with Gasteiger partial charge in [-0.15, -0.1) is 21.5 Å². The number of hydrogen-bond acceptors (Lipinski definition) is 7. The van der Waals surface area contributed by atoms with Crippen molar-refractivity contribution in [1.29, 1.82) is 0 Å². The van der Waals surface area contributed by atoms with Crippen molar-refractivity contribution in [3.8, 4) is 5.75 Å². The fraction of sp³-hybridized carbons (Fsp3) is 0.250. The Labute approximate surface area is 157 Å². The summed E-state index contributed by atoms with van der Waals surface area (Å²) in [5.74, 6) is 0.477. The second-order valence-electron chi connectivity index (χ2n) is 5.30. The highest BCUT2D eigenvalue weighted by molar-refractivity contribution is 7.16. The number of hydrogen-bond donors (Lipinski definition) is 1. The van der Waals surface area contributed by atoms with Crippen molar-refractivity contribution in [1.82, 2.24) is 15.2 Å². The van der Waals surface area contributed by atoms with Crippen LogP contribution in [0.5, 0.6) is 5.75 Å².